The van der Waals surface area contributed by atoms with Crippen molar-refractivity contribution >= 4 is 11.9 Å². The monoisotopic (exact) mass is 418 g/mol. The van der Waals surface area contributed by atoms with Crippen molar-refractivity contribution in [1.82, 2.24) is 29.1 Å². The Hall–Kier alpha value is -2.87. The van der Waals surface area contributed by atoms with Crippen molar-refractivity contribution < 1.29 is 0 Å². The summed E-state index contributed by atoms with van der Waals surface area (Å²) in [5.74, 6) is 0.962. The fourth-order valence-corrected chi connectivity index (χ4v) is 4.17. The minimum atomic E-state index is 0.752. The van der Waals surface area contributed by atoms with Gasteiger partial charge >= 0.3 is 0 Å². The predicted octanol–water partition coefficient (Wildman–Crippen LogP) is 4.47. The number of aromatic amines is 2. The maximum Gasteiger partial charge on any atom is 0.120 e. The van der Waals surface area contributed by atoms with Crippen molar-refractivity contribution in [2.24, 2.45) is 0 Å². The van der Waals surface area contributed by atoms with Gasteiger partial charge < -0.3 is 9.97 Å². The molecule has 6 nitrogen and oxygen atoms in total. The molecule has 4 rings (SSSR count). The van der Waals surface area contributed by atoms with Crippen molar-refractivity contribution in [2.75, 3.05) is 7.05 Å². The van der Waals surface area contributed by atoms with Gasteiger partial charge in [0.2, 0.25) is 0 Å². The minimum absolute atomic E-state index is 0.752. The molecule has 0 amide bonds. The number of H-pyrrole nitrogens is 2. The lowest BCUT2D eigenvalue weighted by Gasteiger charge is -2.21. The molecular weight excluding hydrogens is 392 g/mol. The molecule has 4 aromatic rings. The van der Waals surface area contributed by atoms with Crippen molar-refractivity contribution in [2.45, 2.75) is 31.1 Å². The second kappa shape index (κ2) is 10.2. The third-order valence-corrected chi connectivity index (χ3v) is 5.64. The quantitative estimate of drug-likeness (QED) is 0.372. The van der Waals surface area contributed by atoms with Crippen LogP contribution >= 0.6 is 11.9 Å². The molecule has 2 aromatic carbocycles. The number of nitrogens with zero attached hydrogens (tertiary/aromatic N) is 4. The topological polar surface area (TPSA) is 63.8 Å². The number of aromatic nitrogens is 4. The third kappa shape index (κ3) is 6.06. The molecule has 0 unspecified atom stereocenters. The van der Waals surface area contributed by atoms with Crippen LogP contribution in [-0.2, 0) is 26.2 Å². The summed E-state index contributed by atoms with van der Waals surface area (Å²) in [7, 11) is 2.13. The maximum atomic E-state index is 4.38. The lowest BCUT2D eigenvalue weighted by molar-refractivity contribution is 0.239. The number of nitrogens with one attached hydrogen (secondary N) is 2. The first kappa shape index (κ1) is 20.4. The molecule has 0 fully saturated rings. The van der Waals surface area contributed by atoms with Crippen LogP contribution in [0.3, 0.4) is 0 Å². The van der Waals surface area contributed by atoms with Gasteiger partial charge in [-0.15, -0.1) is 0 Å². The molecule has 30 heavy (non-hydrogen) atoms. The first-order valence-electron chi connectivity index (χ1n) is 9.94. The van der Waals surface area contributed by atoms with E-state index in [0.29, 0.717) is 0 Å². The minimum Gasteiger partial charge on any atom is -0.348 e. The van der Waals surface area contributed by atoms with E-state index in [4.69, 9.17) is 0 Å². The van der Waals surface area contributed by atoms with Crippen molar-refractivity contribution in [3.05, 3.63) is 102 Å². The van der Waals surface area contributed by atoms with Crippen molar-refractivity contribution in [1.29, 1.82) is 0 Å². The van der Waals surface area contributed by atoms with E-state index in [1.165, 1.54) is 16.0 Å². The van der Waals surface area contributed by atoms with E-state index >= 15 is 0 Å². The van der Waals surface area contributed by atoms with Crippen LogP contribution in [0.5, 0.6) is 0 Å². The van der Waals surface area contributed by atoms with Gasteiger partial charge in [-0.25, -0.2) is 14.3 Å². The number of benzene rings is 2. The summed E-state index contributed by atoms with van der Waals surface area (Å²) in [5, 5.41) is 0. The van der Waals surface area contributed by atoms with E-state index in [1.807, 2.05) is 12.4 Å². The molecule has 0 radical (unpaired) electrons. The predicted molar refractivity (Wildman–Crippen MR) is 120 cm³/mol. The largest absolute Gasteiger partial charge is 0.348 e. The van der Waals surface area contributed by atoms with Crippen molar-refractivity contribution in [3.63, 3.8) is 0 Å². The van der Waals surface area contributed by atoms with Crippen LogP contribution in [0.2, 0.25) is 0 Å². The Bertz CT molecular complexity index is 948. The molecule has 0 aliphatic carbocycles. The molecule has 0 saturated heterocycles. The van der Waals surface area contributed by atoms with E-state index in [1.54, 1.807) is 24.5 Å². The van der Waals surface area contributed by atoms with E-state index in [0.717, 1.165) is 37.7 Å². The van der Waals surface area contributed by atoms with Gasteiger partial charge in [0.1, 0.15) is 5.82 Å². The zero-order chi connectivity index (χ0) is 20.6. The Morgan fingerprint density at radius 2 is 1.67 bits per heavy atom. The Morgan fingerprint density at radius 3 is 2.37 bits per heavy atom. The van der Waals surface area contributed by atoms with Gasteiger partial charge in [0.25, 0.3) is 0 Å². The zero-order valence-corrected chi connectivity index (χ0v) is 17.8. The molecule has 7 heteroatoms. The van der Waals surface area contributed by atoms with Gasteiger partial charge in [0, 0.05) is 48.8 Å². The van der Waals surface area contributed by atoms with Crippen LogP contribution in [0.1, 0.15) is 22.6 Å². The highest BCUT2D eigenvalue weighted by molar-refractivity contribution is 7.97. The molecule has 0 bridgehead atoms. The van der Waals surface area contributed by atoms with Crippen LogP contribution in [0.15, 0.2) is 84.4 Å². The van der Waals surface area contributed by atoms with E-state index in [-0.39, 0.29) is 0 Å². The highest BCUT2D eigenvalue weighted by Crippen LogP contribution is 2.24. The second-order valence-electron chi connectivity index (χ2n) is 7.26. The molecule has 0 aliphatic heterocycles. The molecule has 2 aromatic heterocycles. The average Bonchev–Trinajstić information content (AvgIpc) is 3.44. The van der Waals surface area contributed by atoms with Gasteiger partial charge in [0.15, 0.2) is 0 Å². The summed E-state index contributed by atoms with van der Waals surface area (Å²) in [5.41, 5.74) is 3.68. The molecule has 2 heterocycles. The van der Waals surface area contributed by atoms with Crippen molar-refractivity contribution in [3.8, 4) is 0 Å². The summed E-state index contributed by atoms with van der Waals surface area (Å²) < 4.78 is 2.26. The lowest BCUT2D eigenvalue weighted by atomic mass is 10.2. The summed E-state index contributed by atoms with van der Waals surface area (Å²) in [6.45, 7) is 3.29. The van der Waals surface area contributed by atoms with Gasteiger partial charge in [-0.3, -0.25) is 4.90 Å². The lowest BCUT2D eigenvalue weighted by Crippen LogP contribution is -2.23. The summed E-state index contributed by atoms with van der Waals surface area (Å²) in [6.07, 6.45) is 7.25. The van der Waals surface area contributed by atoms with Crippen LogP contribution in [0.4, 0.5) is 0 Å². The SMILES string of the molecule is CN(Cc1ccccc1)Sc1ccc(CN(Cc2cnc[nH]2)Cc2ncc[nH]2)cc1. The van der Waals surface area contributed by atoms with Crippen LogP contribution in [0.25, 0.3) is 0 Å². The van der Waals surface area contributed by atoms with E-state index in [9.17, 15) is 0 Å². The Balaban J connectivity index is 1.36. The highest BCUT2D eigenvalue weighted by atomic mass is 32.2. The fraction of sp³-hybridized carbons (Fsp3) is 0.217. The normalized spacial score (nSPS) is 11.4. The second-order valence-corrected chi connectivity index (χ2v) is 8.54. The standard InChI is InChI=1S/C23H26N6S/c1-28(14-19-5-3-2-4-6-19)30-22-9-7-20(8-10-22)15-29(16-21-13-24-18-27-21)17-23-25-11-12-26-23/h2-13,18H,14-17H2,1H3,(H,24,27)(H,25,26). The molecule has 154 valence electrons. The fourth-order valence-electron chi connectivity index (χ4n) is 3.34. The third-order valence-electron chi connectivity index (χ3n) is 4.72. The summed E-state index contributed by atoms with van der Waals surface area (Å²) >= 11 is 1.77. The molecule has 0 aliphatic rings. The summed E-state index contributed by atoms with van der Waals surface area (Å²) in [4.78, 5) is 18.5. The van der Waals surface area contributed by atoms with E-state index < -0.39 is 0 Å². The highest BCUT2D eigenvalue weighted by Gasteiger charge is 2.11. The first-order chi connectivity index (χ1) is 14.7. The van der Waals surface area contributed by atoms with Gasteiger partial charge in [-0.1, -0.05) is 42.5 Å². The van der Waals surface area contributed by atoms with Crippen LogP contribution < -0.4 is 0 Å². The summed E-state index contributed by atoms with van der Waals surface area (Å²) in [6, 6.07) is 19.4. The Kier molecular flexibility index (Phi) is 6.97. The average molecular weight is 419 g/mol. The Morgan fingerprint density at radius 1 is 0.867 bits per heavy atom. The Labute approximate surface area is 181 Å². The van der Waals surface area contributed by atoms with Gasteiger partial charge in [-0.2, -0.15) is 0 Å². The van der Waals surface area contributed by atoms with Gasteiger partial charge in [-0.05, 0) is 42.3 Å². The zero-order valence-electron chi connectivity index (χ0n) is 17.0. The van der Waals surface area contributed by atoms with Crippen LogP contribution in [0, 0.1) is 0 Å². The number of hydrogen-bond donors (Lipinski definition) is 2. The first-order valence-corrected chi connectivity index (χ1v) is 10.7. The number of rotatable bonds is 10. The molecular formula is C23H26N6S. The van der Waals surface area contributed by atoms with E-state index in [2.05, 4.69) is 90.8 Å². The molecule has 0 saturated carbocycles. The molecule has 0 atom stereocenters. The molecule has 0 spiro atoms. The molecule has 2 N–H and O–H groups in total. The maximum absolute atomic E-state index is 4.38. The number of imidazole rings is 2. The number of hydrogen-bond acceptors (Lipinski definition) is 5. The van der Waals surface area contributed by atoms with Crippen LogP contribution in [-0.4, -0.2) is 36.2 Å². The smallest absolute Gasteiger partial charge is 0.120 e. The van der Waals surface area contributed by atoms with Gasteiger partial charge in [0.05, 0.1) is 12.9 Å².